The Morgan fingerprint density at radius 1 is 1.50 bits per heavy atom. The molecule has 5 nitrogen and oxygen atoms in total. The number of hydrogen-bond acceptors (Lipinski definition) is 3. The molecule has 1 saturated heterocycles. The van der Waals surface area contributed by atoms with Crippen molar-refractivity contribution in [2.75, 3.05) is 33.7 Å². The number of rotatable bonds is 4. The highest BCUT2D eigenvalue weighted by Gasteiger charge is 2.29. The van der Waals surface area contributed by atoms with Crippen LogP contribution < -0.4 is 0 Å². The molecule has 1 aliphatic rings. The third-order valence-corrected chi connectivity index (χ3v) is 2.58. The summed E-state index contributed by atoms with van der Waals surface area (Å²) >= 11 is 0. The van der Waals surface area contributed by atoms with Crippen molar-refractivity contribution in [3.8, 4) is 0 Å². The van der Waals surface area contributed by atoms with Gasteiger partial charge in [0.25, 0.3) is 0 Å². The molecule has 1 amide bonds. The zero-order valence-electron chi connectivity index (χ0n) is 9.72. The molecule has 90 valence electrons. The van der Waals surface area contributed by atoms with Crippen molar-refractivity contribution < 1.29 is 14.7 Å². The quantitative estimate of drug-likeness (QED) is 0.687. The Kier molecular flexibility index (Phi) is 4.49. The smallest absolute Gasteiger partial charge is 0.308 e. The molecule has 1 aliphatic heterocycles. The van der Waals surface area contributed by atoms with Crippen molar-refractivity contribution in [3.63, 3.8) is 0 Å². The van der Waals surface area contributed by atoms with Crippen LogP contribution in [0.4, 0.5) is 0 Å². The lowest BCUT2D eigenvalue weighted by Crippen LogP contribution is -2.28. The average Bonchev–Trinajstić information content (AvgIpc) is 2.65. The number of carbonyl (C=O) groups is 2. The second-order valence-corrected chi connectivity index (χ2v) is 4.27. The highest BCUT2D eigenvalue weighted by Crippen LogP contribution is 2.16. The third-order valence-electron chi connectivity index (χ3n) is 2.58. The van der Waals surface area contributed by atoms with E-state index in [1.54, 1.807) is 11.0 Å². The topological polar surface area (TPSA) is 60.9 Å². The minimum absolute atomic E-state index is 0.0920. The lowest BCUT2D eigenvalue weighted by molar-refractivity contribution is -0.141. The molecular formula is C11H18N2O3. The van der Waals surface area contributed by atoms with Gasteiger partial charge in [-0.2, -0.15) is 0 Å². The Morgan fingerprint density at radius 3 is 2.69 bits per heavy atom. The van der Waals surface area contributed by atoms with Gasteiger partial charge in [-0.1, -0.05) is 6.08 Å². The summed E-state index contributed by atoms with van der Waals surface area (Å²) in [6.07, 6.45) is 3.86. The monoisotopic (exact) mass is 226 g/mol. The first-order valence-corrected chi connectivity index (χ1v) is 5.33. The molecule has 1 N–H and O–H groups in total. The normalized spacial score (nSPS) is 20.9. The van der Waals surface area contributed by atoms with Gasteiger partial charge in [0.15, 0.2) is 0 Å². The number of aliphatic carboxylic acids is 1. The van der Waals surface area contributed by atoms with Crippen LogP contribution in [0.1, 0.15) is 6.42 Å². The first-order chi connectivity index (χ1) is 7.50. The van der Waals surface area contributed by atoms with Gasteiger partial charge >= 0.3 is 5.97 Å². The molecule has 0 unspecified atom stereocenters. The number of likely N-dealkylation sites (tertiary alicyclic amines) is 1. The first kappa shape index (κ1) is 12.7. The summed E-state index contributed by atoms with van der Waals surface area (Å²) in [5.41, 5.74) is 0. The molecule has 1 fully saturated rings. The minimum atomic E-state index is -0.812. The molecule has 0 spiro atoms. The molecule has 1 rings (SSSR count). The van der Waals surface area contributed by atoms with Crippen LogP contribution in [0.5, 0.6) is 0 Å². The molecule has 5 heteroatoms. The van der Waals surface area contributed by atoms with E-state index in [2.05, 4.69) is 0 Å². The van der Waals surface area contributed by atoms with Crippen LogP contribution >= 0.6 is 0 Å². The second kappa shape index (κ2) is 5.65. The summed E-state index contributed by atoms with van der Waals surface area (Å²) in [6, 6.07) is 0. The van der Waals surface area contributed by atoms with E-state index in [9.17, 15) is 9.59 Å². The predicted molar refractivity (Wildman–Crippen MR) is 60.0 cm³/mol. The molecule has 0 aromatic carbocycles. The zero-order chi connectivity index (χ0) is 12.1. The molecule has 0 aromatic heterocycles. The van der Waals surface area contributed by atoms with Crippen molar-refractivity contribution in [1.29, 1.82) is 0 Å². The van der Waals surface area contributed by atoms with Crippen LogP contribution in [0.2, 0.25) is 0 Å². The maximum Gasteiger partial charge on any atom is 0.308 e. The van der Waals surface area contributed by atoms with E-state index in [0.29, 0.717) is 26.1 Å². The van der Waals surface area contributed by atoms with E-state index >= 15 is 0 Å². The fourth-order valence-corrected chi connectivity index (χ4v) is 1.63. The minimum Gasteiger partial charge on any atom is -0.481 e. The third kappa shape index (κ3) is 3.66. The maximum absolute atomic E-state index is 11.6. The van der Waals surface area contributed by atoms with E-state index in [4.69, 9.17) is 5.11 Å². The molecular weight excluding hydrogens is 208 g/mol. The van der Waals surface area contributed by atoms with E-state index in [1.165, 1.54) is 6.08 Å². The number of carboxylic acid groups (broad SMARTS) is 1. The molecule has 1 atom stereocenters. The summed E-state index contributed by atoms with van der Waals surface area (Å²) in [5, 5.41) is 8.80. The van der Waals surface area contributed by atoms with Crippen LogP contribution in [-0.4, -0.2) is 60.5 Å². The second-order valence-electron chi connectivity index (χ2n) is 4.27. The van der Waals surface area contributed by atoms with Gasteiger partial charge in [0, 0.05) is 25.7 Å². The van der Waals surface area contributed by atoms with Crippen molar-refractivity contribution in [1.82, 2.24) is 9.80 Å². The Morgan fingerprint density at radius 2 is 2.19 bits per heavy atom. The van der Waals surface area contributed by atoms with Crippen LogP contribution in [0.15, 0.2) is 12.2 Å². The summed E-state index contributed by atoms with van der Waals surface area (Å²) in [4.78, 5) is 25.9. The van der Waals surface area contributed by atoms with Gasteiger partial charge in [0.1, 0.15) is 0 Å². The molecule has 0 radical (unpaired) electrons. The SMILES string of the molecule is CN(C)C/C=C/C(=O)N1CC[C@@H](C(=O)O)C1. The molecule has 0 bridgehead atoms. The van der Waals surface area contributed by atoms with E-state index < -0.39 is 11.9 Å². The Hall–Kier alpha value is -1.36. The molecule has 0 saturated carbocycles. The lowest BCUT2D eigenvalue weighted by Gasteiger charge is -2.13. The standard InChI is InChI=1S/C11H18N2O3/c1-12(2)6-3-4-10(14)13-7-5-9(8-13)11(15)16/h3-4,9H,5-8H2,1-2H3,(H,15,16)/b4-3+/t9-/m1/s1. The summed E-state index contributed by atoms with van der Waals surface area (Å²) in [6.45, 7) is 1.59. The Bertz CT molecular complexity index is 300. The summed E-state index contributed by atoms with van der Waals surface area (Å²) < 4.78 is 0. The van der Waals surface area contributed by atoms with Gasteiger partial charge < -0.3 is 14.9 Å². The highest BCUT2D eigenvalue weighted by atomic mass is 16.4. The van der Waals surface area contributed by atoms with Crippen molar-refractivity contribution in [3.05, 3.63) is 12.2 Å². The number of amides is 1. The van der Waals surface area contributed by atoms with Crippen molar-refractivity contribution in [2.45, 2.75) is 6.42 Å². The van der Waals surface area contributed by atoms with Crippen LogP contribution in [0.3, 0.4) is 0 Å². The molecule has 0 aliphatic carbocycles. The van der Waals surface area contributed by atoms with Gasteiger partial charge in [0.2, 0.25) is 5.91 Å². The Labute approximate surface area is 95.3 Å². The zero-order valence-corrected chi connectivity index (χ0v) is 9.72. The van der Waals surface area contributed by atoms with E-state index in [1.807, 2.05) is 19.0 Å². The van der Waals surface area contributed by atoms with E-state index in [-0.39, 0.29) is 5.91 Å². The summed E-state index contributed by atoms with van der Waals surface area (Å²) in [5.74, 6) is -1.30. The van der Waals surface area contributed by atoms with Crippen LogP contribution in [0, 0.1) is 5.92 Å². The van der Waals surface area contributed by atoms with Crippen LogP contribution in [-0.2, 0) is 9.59 Å². The van der Waals surface area contributed by atoms with Gasteiger partial charge in [-0.05, 0) is 20.5 Å². The Balaban J connectivity index is 2.39. The number of hydrogen-bond donors (Lipinski definition) is 1. The van der Waals surface area contributed by atoms with Crippen LogP contribution in [0.25, 0.3) is 0 Å². The van der Waals surface area contributed by atoms with Crippen molar-refractivity contribution in [2.24, 2.45) is 5.92 Å². The number of nitrogens with zero attached hydrogens (tertiary/aromatic N) is 2. The summed E-state index contributed by atoms with van der Waals surface area (Å²) in [7, 11) is 3.84. The van der Waals surface area contributed by atoms with E-state index in [0.717, 1.165) is 0 Å². The fourth-order valence-electron chi connectivity index (χ4n) is 1.63. The first-order valence-electron chi connectivity index (χ1n) is 5.33. The fraction of sp³-hybridized carbons (Fsp3) is 0.636. The molecule has 1 heterocycles. The van der Waals surface area contributed by atoms with Gasteiger partial charge in [-0.25, -0.2) is 0 Å². The average molecular weight is 226 g/mol. The number of carboxylic acids is 1. The maximum atomic E-state index is 11.6. The van der Waals surface area contributed by atoms with Gasteiger partial charge in [-0.15, -0.1) is 0 Å². The predicted octanol–water partition coefficient (Wildman–Crippen LogP) is 0.0373. The molecule has 0 aromatic rings. The van der Waals surface area contributed by atoms with Gasteiger partial charge in [-0.3, -0.25) is 9.59 Å². The number of carbonyl (C=O) groups excluding carboxylic acids is 1. The highest BCUT2D eigenvalue weighted by molar-refractivity contribution is 5.88. The number of likely N-dealkylation sites (N-methyl/N-ethyl adjacent to an activating group) is 1. The van der Waals surface area contributed by atoms with Gasteiger partial charge in [0.05, 0.1) is 5.92 Å². The molecule has 16 heavy (non-hydrogen) atoms. The van der Waals surface area contributed by atoms with Crippen molar-refractivity contribution >= 4 is 11.9 Å². The lowest BCUT2D eigenvalue weighted by atomic mass is 10.1. The largest absolute Gasteiger partial charge is 0.481 e.